The van der Waals surface area contributed by atoms with Crippen LogP contribution < -0.4 is 21.3 Å². The molecule has 10 heteroatoms. The molecule has 4 fully saturated rings. The minimum absolute atomic E-state index is 0.0947. The summed E-state index contributed by atoms with van der Waals surface area (Å²) in [6.07, 6.45) is 8.39. The van der Waals surface area contributed by atoms with Gasteiger partial charge in [0, 0.05) is 31.2 Å². The largest absolute Gasteiger partial charge is 0.377 e. The molecule has 6 rings (SSSR count). The number of amides is 1. The first-order valence-electron chi connectivity index (χ1n) is 15.0. The first kappa shape index (κ1) is 28.5. The molecule has 1 aromatic carbocycles. The molecule has 0 atom stereocenters. The van der Waals surface area contributed by atoms with Gasteiger partial charge in [-0.1, -0.05) is 18.2 Å². The Labute approximate surface area is 237 Å². The van der Waals surface area contributed by atoms with E-state index in [0.29, 0.717) is 68.3 Å². The molecule has 1 amide bonds. The minimum atomic E-state index is -0.0947. The van der Waals surface area contributed by atoms with Crippen molar-refractivity contribution < 1.29 is 14.3 Å². The lowest BCUT2D eigenvalue weighted by atomic mass is 9.49. The molecule has 4 aliphatic carbocycles. The van der Waals surface area contributed by atoms with Gasteiger partial charge < -0.3 is 30.7 Å². The van der Waals surface area contributed by atoms with Crippen molar-refractivity contribution in [2.75, 3.05) is 62.0 Å². The van der Waals surface area contributed by atoms with Gasteiger partial charge in [0.2, 0.25) is 17.8 Å². The summed E-state index contributed by atoms with van der Waals surface area (Å²) in [5, 5.41) is 13.0. The highest BCUT2D eigenvalue weighted by Gasteiger charge is 2.50. The van der Waals surface area contributed by atoms with E-state index in [4.69, 9.17) is 9.47 Å². The van der Waals surface area contributed by atoms with Gasteiger partial charge in [-0.3, -0.25) is 4.79 Å². The average Bonchev–Trinajstić information content (AvgIpc) is 2.92. The van der Waals surface area contributed by atoms with E-state index >= 15 is 0 Å². The monoisotopic (exact) mass is 551 g/mol. The van der Waals surface area contributed by atoms with Gasteiger partial charge in [-0.05, 0) is 87.7 Å². The van der Waals surface area contributed by atoms with Crippen LogP contribution in [0.15, 0.2) is 30.3 Å². The predicted molar refractivity (Wildman–Crippen MR) is 157 cm³/mol. The van der Waals surface area contributed by atoms with Crippen LogP contribution in [0.3, 0.4) is 0 Å². The molecule has 0 unspecified atom stereocenters. The first-order valence-corrected chi connectivity index (χ1v) is 15.0. The smallest absolute Gasteiger partial charge is 0.251 e. The molecule has 40 heavy (non-hydrogen) atoms. The van der Waals surface area contributed by atoms with Crippen molar-refractivity contribution >= 4 is 23.8 Å². The molecule has 10 nitrogen and oxygen atoms in total. The van der Waals surface area contributed by atoms with Gasteiger partial charge >= 0.3 is 0 Å². The zero-order valence-corrected chi connectivity index (χ0v) is 24.0. The summed E-state index contributed by atoms with van der Waals surface area (Å²) in [5.74, 6) is 4.43. The van der Waals surface area contributed by atoms with Crippen LogP contribution in [0.2, 0.25) is 0 Å². The van der Waals surface area contributed by atoms with Crippen molar-refractivity contribution in [3.05, 3.63) is 35.9 Å². The highest BCUT2D eigenvalue weighted by Crippen LogP contribution is 2.59. The zero-order valence-electron chi connectivity index (χ0n) is 24.0. The predicted octanol–water partition coefficient (Wildman–Crippen LogP) is 4.20. The van der Waals surface area contributed by atoms with E-state index in [9.17, 15) is 4.79 Å². The Morgan fingerprint density at radius 3 is 2.02 bits per heavy atom. The van der Waals surface area contributed by atoms with Gasteiger partial charge in [0.15, 0.2) is 0 Å². The maximum absolute atomic E-state index is 12.0. The van der Waals surface area contributed by atoms with Crippen LogP contribution in [0.25, 0.3) is 0 Å². The van der Waals surface area contributed by atoms with E-state index in [1.165, 1.54) is 38.5 Å². The van der Waals surface area contributed by atoms with Crippen LogP contribution in [0, 0.1) is 23.2 Å². The molecule has 4 saturated carbocycles. The maximum atomic E-state index is 12.0. The second-order valence-corrected chi connectivity index (χ2v) is 12.1. The quantitative estimate of drug-likeness (QED) is 0.227. The zero-order chi connectivity index (χ0) is 27.8. The van der Waals surface area contributed by atoms with Gasteiger partial charge in [0.1, 0.15) is 0 Å². The summed E-state index contributed by atoms with van der Waals surface area (Å²) < 4.78 is 11.2. The van der Waals surface area contributed by atoms with Crippen molar-refractivity contribution in [1.82, 2.24) is 20.3 Å². The highest BCUT2D eigenvalue weighted by atomic mass is 16.5. The molecule has 4 N–H and O–H groups in total. The number of rotatable bonds is 16. The molecule has 4 aliphatic rings. The summed E-state index contributed by atoms with van der Waals surface area (Å²) >= 11 is 0. The lowest BCUT2D eigenvalue weighted by Gasteiger charge is -2.56. The number of carbonyl (C=O) groups is 1. The summed E-state index contributed by atoms with van der Waals surface area (Å²) in [4.78, 5) is 25.9. The highest BCUT2D eigenvalue weighted by molar-refractivity contribution is 5.94. The molecule has 0 radical (unpaired) electrons. The van der Waals surface area contributed by atoms with Crippen molar-refractivity contribution in [1.29, 1.82) is 0 Å². The molecular weight excluding hydrogens is 506 g/mol. The first-order chi connectivity index (χ1) is 19.5. The van der Waals surface area contributed by atoms with Crippen LogP contribution in [0.5, 0.6) is 0 Å². The Bertz CT molecular complexity index is 1060. The fraction of sp³-hybridized carbons (Fsp3) is 0.667. The van der Waals surface area contributed by atoms with Gasteiger partial charge in [-0.2, -0.15) is 15.0 Å². The molecule has 1 aromatic heterocycles. The SMILES string of the molecule is CC(C)Nc1nc(NCCOCCOCCNC(=O)c2ccccc2)nc(NCC23CC4CC(CC(C4)C2)C3)n1. The number of benzene rings is 1. The third kappa shape index (κ3) is 8.04. The molecule has 218 valence electrons. The van der Waals surface area contributed by atoms with E-state index in [1.54, 1.807) is 12.1 Å². The van der Waals surface area contributed by atoms with E-state index in [2.05, 4.69) is 50.1 Å². The van der Waals surface area contributed by atoms with Gasteiger partial charge in [0.25, 0.3) is 5.91 Å². The van der Waals surface area contributed by atoms with Crippen LogP contribution in [0.4, 0.5) is 17.8 Å². The minimum Gasteiger partial charge on any atom is -0.377 e. The maximum Gasteiger partial charge on any atom is 0.251 e. The van der Waals surface area contributed by atoms with Crippen LogP contribution in [-0.4, -0.2) is 73.0 Å². The van der Waals surface area contributed by atoms with Crippen LogP contribution in [-0.2, 0) is 9.47 Å². The molecule has 0 saturated heterocycles. The van der Waals surface area contributed by atoms with Crippen molar-refractivity contribution in [2.24, 2.45) is 23.2 Å². The molecule has 0 spiro atoms. The number of nitrogens with one attached hydrogen (secondary N) is 4. The van der Waals surface area contributed by atoms with Crippen LogP contribution in [0.1, 0.15) is 62.7 Å². The number of nitrogens with zero attached hydrogens (tertiary/aromatic N) is 3. The fourth-order valence-corrected chi connectivity index (χ4v) is 7.12. The summed E-state index contributed by atoms with van der Waals surface area (Å²) in [6.45, 7) is 8.02. The number of hydrogen-bond donors (Lipinski definition) is 4. The van der Waals surface area contributed by atoms with Gasteiger partial charge in [0.05, 0.1) is 26.4 Å². The average molecular weight is 552 g/mol. The normalized spacial score (nSPS) is 24.7. The number of carbonyl (C=O) groups excluding carboxylic acids is 1. The Kier molecular flexibility index (Phi) is 9.70. The molecular formula is C30H45N7O3. The second-order valence-electron chi connectivity index (χ2n) is 12.1. The lowest BCUT2D eigenvalue weighted by Crippen LogP contribution is -2.49. The topological polar surface area (TPSA) is 122 Å². The van der Waals surface area contributed by atoms with Gasteiger partial charge in [-0.15, -0.1) is 0 Å². The van der Waals surface area contributed by atoms with Crippen LogP contribution >= 0.6 is 0 Å². The van der Waals surface area contributed by atoms with Crippen molar-refractivity contribution in [3.8, 4) is 0 Å². The van der Waals surface area contributed by atoms with Crippen molar-refractivity contribution in [3.63, 3.8) is 0 Å². The Morgan fingerprint density at radius 2 is 1.40 bits per heavy atom. The molecule has 2 aromatic rings. The third-order valence-corrected chi connectivity index (χ3v) is 8.31. The molecule has 0 aliphatic heterocycles. The fourth-order valence-electron chi connectivity index (χ4n) is 7.12. The Hall–Kier alpha value is -2.98. The summed E-state index contributed by atoms with van der Waals surface area (Å²) in [6, 6.07) is 9.38. The Morgan fingerprint density at radius 1 is 0.825 bits per heavy atom. The second kappa shape index (κ2) is 13.6. The van der Waals surface area contributed by atoms with E-state index in [-0.39, 0.29) is 11.9 Å². The lowest BCUT2D eigenvalue weighted by molar-refractivity contribution is -0.0445. The molecule has 4 bridgehead atoms. The number of hydrogen-bond acceptors (Lipinski definition) is 9. The molecule has 1 heterocycles. The van der Waals surface area contributed by atoms with E-state index in [1.807, 2.05) is 18.2 Å². The Balaban J connectivity index is 0.999. The van der Waals surface area contributed by atoms with E-state index < -0.39 is 0 Å². The summed E-state index contributed by atoms with van der Waals surface area (Å²) in [5.41, 5.74) is 1.05. The standard InChI is InChI=1S/C30H45N7O3/c1-21(2)34-29-36-27(32-9-11-40-13-12-39-10-8-31-26(38)25-6-4-3-5-7-25)35-28(37-29)33-20-30-17-22-14-23(18-30)16-24(15-22)19-30/h3-7,21-24H,8-20H2,1-2H3,(H,31,38)(H3,32,33,34,35,36,37). The number of anilines is 3. The third-order valence-electron chi connectivity index (χ3n) is 8.31. The number of aromatic nitrogens is 3. The summed E-state index contributed by atoms with van der Waals surface area (Å²) in [7, 11) is 0. The van der Waals surface area contributed by atoms with Crippen molar-refractivity contribution in [2.45, 2.75) is 58.4 Å². The van der Waals surface area contributed by atoms with Gasteiger partial charge in [-0.25, -0.2) is 0 Å². The van der Waals surface area contributed by atoms with E-state index in [0.717, 1.165) is 24.3 Å². The number of ether oxygens (including phenoxy) is 2.